The summed E-state index contributed by atoms with van der Waals surface area (Å²) in [6, 6.07) is 0. The van der Waals surface area contributed by atoms with Crippen molar-refractivity contribution in [2.75, 3.05) is 13.6 Å². The predicted molar refractivity (Wildman–Crippen MR) is 126 cm³/mol. The molecule has 164 valence electrons. The molecule has 1 heterocycles. The van der Waals surface area contributed by atoms with E-state index < -0.39 is 0 Å². The lowest BCUT2D eigenvalue weighted by molar-refractivity contribution is -0.117. The second kappa shape index (κ2) is 11.8. The van der Waals surface area contributed by atoms with Crippen molar-refractivity contribution in [2.45, 2.75) is 32.1 Å². The van der Waals surface area contributed by atoms with Gasteiger partial charge >= 0.3 is 0 Å². The lowest BCUT2D eigenvalue weighted by atomic mass is 10.0. The van der Waals surface area contributed by atoms with Gasteiger partial charge in [0.2, 0.25) is 5.91 Å². The van der Waals surface area contributed by atoms with Crippen LogP contribution < -0.4 is 16.4 Å². The van der Waals surface area contributed by atoms with Gasteiger partial charge in [0.1, 0.15) is 6.29 Å². The molecule has 0 bridgehead atoms. The van der Waals surface area contributed by atoms with E-state index in [9.17, 15) is 9.59 Å². The smallest absolute Gasteiger partial charge is 0.248 e. The summed E-state index contributed by atoms with van der Waals surface area (Å²) in [5.74, 6) is -0.0957. The molecule has 0 aliphatic heterocycles. The van der Waals surface area contributed by atoms with Gasteiger partial charge in [-0.15, -0.1) is 11.3 Å². The maximum Gasteiger partial charge on any atom is 0.248 e. The van der Waals surface area contributed by atoms with Crippen LogP contribution in [0.1, 0.15) is 41.3 Å². The number of allylic oxidation sites excluding steroid dienone is 4. The minimum Gasteiger partial charge on any atom is -0.402 e. The molecule has 1 aliphatic carbocycles. The van der Waals surface area contributed by atoms with Crippen LogP contribution in [0.4, 0.5) is 0 Å². The minimum atomic E-state index is -0.238. The van der Waals surface area contributed by atoms with E-state index in [-0.39, 0.29) is 18.4 Å². The molecule has 9 heteroatoms. The molecule has 1 aromatic heterocycles. The number of hydrogen-bond donors (Lipinski definition) is 5. The normalized spacial score (nSPS) is 17.2. The number of carbonyl (C=O) groups is 2. The number of nitrogens with two attached hydrogens (primary N) is 1. The first kappa shape index (κ1) is 23.9. The van der Waals surface area contributed by atoms with Crippen molar-refractivity contribution in [1.82, 2.24) is 15.6 Å². The van der Waals surface area contributed by atoms with Gasteiger partial charge in [-0.3, -0.25) is 9.59 Å². The highest BCUT2D eigenvalue weighted by molar-refractivity contribution is 7.13. The molecule has 8 nitrogen and oxygen atoms in total. The summed E-state index contributed by atoms with van der Waals surface area (Å²) in [6.07, 6.45) is 11.0. The zero-order valence-corrected chi connectivity index (χ0v) is 18.5. The molecule has 0 fully saturated rings. The summed E-state index contributed by atoms with van der Waals surface area (Å²) in [5, 5.41) is 21.7. The minimum absolute atomic E-state index is 0.142. The van der Waals surface area contributed by atoms with Crippen LogP contribution in [-0.2, 0) is 16.0 Å². The van der Waals surface area contributed by atoms with Crippen molar-refractivity contribution < 1.29 is 9.59 Å². The number of aromatic nitrogens is 1. The summed E-state index contributed by atoms with van der Waals surface area (Å²) in [6.45, 7) is 2.32. The molecule has 2 rings (SSSR count). The van der Waals surface area contributed by atoms with Crippen LogP contribution in [0.3, 0.4) is 0 Å². The van der Waals surface area contributed by atoms with Gasteiger partial charge in [0.15, 0.2) is 0 Å². The van der Waals surface area contributed by atoms with E-state index >= 15 is 0 Å². The fraction of sp³-hybridized carbons (Fsp3) is 0.318. The van der Waals surface area contributed by atoms with E-state index in [0.29, 0.717) is 36.0 Å². The average Bonchev–Trinajstić information content (AvgIpc) is 3.10. The number of carbonyl (C=O) groups excluding carboxylic acids is 2. The molecule has 0 radical (unpaired) electrons. The molecule has 1 amide bonds. The molecule has 0 spiro atoms. The predicted octanol–water partition coefficient (Wildman–Crippen LogP) is 2.45. The maximum atomic E-state index is 13.0. The Kier molecular flexibility index (Phi) is 9.08. The third kappa shape index (κ3) is 6.32. The Labute approximate surface area is 186 Å². The van der Waals surface area contributed by atoms with E-state index in [1.54, 1.807) is 19.3 Å². The van der Waals surface area contributed by atoms with Gasteiger partial charge in [-0.25, -0.2) is 4.98 Å². The van der Waals surface area contributed by atoms with Crippen molar-refractivity contribution in [3.63, 3.8) is 0 Å². The fourth-order valence-corrected chi connectivity index (χ4v) is 4.54. The van der Waals surface area contributed by atoms with Crippen molar-refractivity contribution in [3.8, 4) is 0 Å². The van der Waals surface area contributed by atoms with E-state index in [2.05, 4.69) is 17.6 Å². The van der Waals surface area contributed by atoms with Crippen molar-refractivity contribution in [2.24, 2.45) is 5.73 Å². The first-order valence-corrected chi connectivity index (χ1v) is 10.7. The van der Waals surface area contributed by atoms with Gasteiger partial charge in [-0.05, 0) is 30.6 Å². The van der Waals surface area contributed by atoms with Gasteiger partial charge in [-0.2, -0.15) is 0 Å². The lowest BCUT2D eigenvalue weighted by Gasteiger charge is -2.11. The van der Waals surface area contributed by atoms with E-state index in [0.717, 1.165) is 33.8 Å². The highest BCUT2D eigenvalue weighted by Crippen LogP contribution is 2.39. The molecule has 0 aromatic carbocycles. The Bertz CT molecular complexity index is 971. The molecular weight excluding hydrogens is 412 g/mol. The maximum absolute atomic E-state index is 13.0. The Morgan fingerprint density at radius 3 is 2.81 bits per heavy atom. The van der Waals surface area contributed by atoms with Gasteiger partial charge in [0.25, 0.3) is 0 Å². The third-order valence-corrected chi connectivity index (χ3v) is 5.91. The fourth-order valence-electron chi connectivity index (χ4n) is 3.27. The number of aldehydes is 1. The number of nitrogens with zero attached hydrogens (tertiary/aromatic N) is 1. The van der Waals surface area contributed by atoms with E-state index in [1.165, 1.54) is 29.7 Å². The summed E-state index contributed by atoms with van der Waals surface area (Å²) < 4.78 is 0. The molecule has 1 unspecified atom stereocenters. The first-order chi connectivity index (χ1) is 14.9. The van der Waals surface area contributed by atoms with Crippen LogP contribution in [0.5, 0.6) is 0 Å². The standard InChI is InChI=1S/C22H28N6O2S/c1-14-5-6-17(22(30)27-13-15(12-26-2)4-3-9-29)18(11-24)21-20(14)28-19(31-21)10-16(25)7-8-23/h3-4,7-9,11-12,14,23-24,26H,5-6,10,13,25H2,1-2H3,(H,27,30)/b4-3-,15-12+,16-7?,23-8?,24-11?. The summed E-state index contributed by atoms with van der Waals surface area (Å²) in [5.41, 5.74) is 9.23. The van der Waals surface area contributed by atoms with Crippen LogP contribution in [0.15, 0.2) is 41.3 Å². The number of fused-ring (bicyclic) bond motifs is 1. The van der Waals surface area contributed by atoms with Gasteiger partial charge in [0.05, 0.1) is 15.6 Å². The van der Waals surface area contributed by atoms with Crippen molar-refractivity contribution >= 4 is 41.5 Å². The number of amides is 1. The molecule has 31 heavy (non-hydrogen) atoms. The Balaban J connectivity index is 2.34. The molecule has 1 atom stereocenters. The monoisotopic (exact) mass is 440 g/mol. The second-order valence-corrected chi connectivity index (χ2v) is 8.15. The van der Waals surface area contributed by atoms with Gasteiger partial charge in [0, 0.05) is 61.4 Å². The van der Waals surface area contributed by atoms with Gasteiger partial charge in [-0.1, -0.05) is 13.0 Å². The largest absolute Gasteiger partial charge is 0.402 e. The Morgan fingerprint density at radius 1 is 1.39 bits per heavy atom. The first-order valence-electron chi connectivity index (χ1n) is 9.90. The molecular formula is C22H28N6O2S. The van der Waals surface area contributed by atoms with Crippen LogP contribution in [0.2, 0.25) is 0 Å². The number of rotatable bonds is 10. The number of nitrogens with one attached hydrogen (secondary N) is 4. The molecule has 0 saturated carbocycles. The number of hydrogen-bond acceptors (Lipinski definition) is 8. The van der Waals surface area contributed by atoms with Crippen LogP contribution >= 0.6 is 11.3 Å². The highest BCUT2D eigenvalue weighted by Gasteiger charge is 2.27. The molecule has 1 aliphatic rings. The van der Waals surface area contributed by atoms with Crippen molar-refractivity contribution in [1.29, 1.82) is 10.8 Å². The SMILES string of the molecule is CN/C=C(\C=C/C=O)CNC(=O)C1=C(C=N)c2sc(CC(N)=CC=N)nc2C(C)CC1. The summed E-state index contributed by atoms with van der Waals surface area (Å²) in [7, 11) is 1.74. The van der Waals surface area contributed by atoms with E-state index in [4.69, 9.17) is 21.5 Å². The summed E-state index contributed by atoms with van der Waals surface area (Å²) in [4.78, 5) is 29.2. The van der Waals surface area contributed by atoms with Crippen LogP contribution in [-0.4, -0.2) is 43.2 Å². The van der Waals surface area contributed by atoms with Crippen LogP contribution in [0.25, 0.3) is 5.57 Å². The van der Waals surface area contributed by atoms with Gasteiger partial charge < -0.3 is 27.2 Å². The van der Waals surface area contributed by atoms with Crippen molar-refractivity contribution in [3.05, 3.63) is 56.8 Å². The highest BCUT2D eigenvalue weighted by atomic mass is 32.1. The molecule has 1 aromatic rings. The third-order valence-electron chi connectivity index (χ3n) is 4.80. The Morgan fingerprint density at radius 2 is 2.16 bits per heavy atom. The summed E-state index contributed by atoms with van der Waals surface area (Å²) >= 11 is 1.44. The van der Waals surface area contributed by atoms with E-state index in [1.807, 2.05) is 0 Å². The second-order valence-electron chi connectivity index (χ2n) is 7.07. The topological polar surface area (TPSA) is 145 Å². The zero-order valence-electron chi connectivity index (χ0n) is 17.7. The molecule has 6 N–H and O–H groups in total. The zero-order chi connectivity index (χ0) is 22.8. The van der Waals surface area contributed by atoms with Crippen LogP contribution in [0, 0.1) is 10.8 Å². The quantitative estimate of drug-likeness (QED) is 0.164. The number of thiazole rings is 1. The molecule has 0 saturated heterocycles. The lowest BCUT2D eigenvalue weighted by Crippen LogP contribution is -2.28. The Hall–Kier alpha value is -3.33. The average molecular weight is 441 g/mol.